The van der Waals surface area contributed by atoms with Crippen LogP contribution in [0.15, 0.2) is 97.1 Å². The van der Waals surface area contributed by atoms with E-state index in [4.69, 9.17) is 14.6 Å². The highest BCUT2D eigenvalue weighted by Crippen LogP contribution is 2.32. The van der Waals surface area contributed by atoms with E-state index in [-0.39, 0.29) is 17.6 Å². The molecule has 0 radical (unpaired) electrons. The predicted octanol–water partition coefficient (Wildman–Crippen LogP) is 7.60. The van der Waals surface area contributed by atoms with Crippen LogP contribution in [0.4, 0.5) is 16.3 Å². The number of hydrogen-bond acceptors (Lipinski definition) is 5. The van der Waals surface area contributed by atoms with Crippen LogP contribution >= 0.6 is 0 Å². The molecule has 1 aromatic heterocycles. The van der Waals surface area contributed by atoms with Gasteiger partial charge < -0.3 is 14.8 Å². The lowest BCUT2D eigenvalue weighted by atomic mass is 9.92. The van der Waals surface area contributed by atoms with Crippen molar-refractivity contribution in [1.29, 1.82) is 0 Å². The van der Waals surface area contributed by atoms with Gasteiger partial charge in [-0.1, -0.05) is 93.1 Å². The standard InChI is InChI=1S/C38H43N5O3/c1-27-14-16-29(17-15-27)43-36(25-35(41-43)38(2,3)4)40-37(44)39-33-18-19-34(32-13-9-8-12-31(32)33)46-23-21-42-20-22-45-30(26-42)24-28-10-6-5-7-11-28/h5-19,25,30H,20-24,26H2,1-4H3,(H2,39,40,44). The van der Waals surface area contributed by atoms with Crippen molar-refractivity contribution in [1.82, 2.24) is 14.7 Å². The molecule has 46 heavy (non-hydrogen) atoms. The average Bonchev–Trinajstić information content (AvgIpc) is 3.47. The van der Waals surface area contributed by atoms with Crippen LogP contribution in [0.1, 0.15) is 37.6 Å². The van der Waals surface area contributed by atoms with Gasteiger partial charge in [0, 0.05) is 41.9 Å². The number of fused-ring (bicyclic) bond motifs is 1. The van der Waals surface area contributed by atoms with Gasteiger partial charge in [-0.05, 0) is 43.2 Å². The first kappa shape index (κ1) is 31.3. The van der Waals surface area contributed by atoms with Crippen LogP contribution in [0, 0.1) is 6.92 Å². The van der Waals surface area contributed by atoms with Crippen molar-refractivity contribution >= 4 is 28.3 Å². The van der Waals surface area contributed by atoms with E-state index in [0.717, 1.165) is 66.1 Å². The van der Waals surface area contributed by atoms with E-state index in [2.05, 4.69) is 60.6 Å². The number of anilines is 2. The van der Waals surface area contributed by atoms with Gasteiger partial charge in [0.15, 0.2) is 0 Å². The van der Waals surface area contributed by atoms with Gasteiger partial charge in [0.25, 0.3) is 0 Å². The summed E-state index contributed by atoms with van der Waals surface area (Å²) >= 11 is 0. The number of rotatable bonds is 9. The van der Waals surface area contributed by atoms with E-state index in [1.807, 2.05) is 79.7 Å². The maximum Gasteiger partial charge on any atom is 0.324 e. The van der Waals surface area contributed by atoms with Crippen molar-refractivity contribution in [2.45, 2.75) is 45.6 Å². The van der Waals surface area contributed by atoms with Crippen molar-refractivity contribution in [2.24, 2.45) is 0 Å². The molecule has 2 amide bonds. The summed E-state index contributed by atoms with van der Waals surface area (Å²) in [6.07, 6.45) is 1.10. The number of nitrogens with one attached hydrogen (secondary N) is 2. The molecule has 4 aromatic carbocycles. The topological polar surface area (TPSA) is 80.7 Å². The largest absolute Gasteiger partial charge is 0.492 e. The number of carbonyl (C=O) groups is 1. The molecule has 0 aliphatic carbocycles. The third-order valence-corrected chi connectivity index (χ3v) is 8.32. The molecular formula is C38H43N5O3. The maximum atomic E-state index is 13.4. The Balaban J connectivity index is 1.11. The fourth-order valence-electron chi connectivity index (χ4n) is 5.76. The Morgan fingerprint density at radius 2 is 1.67 bits per heavy atom. The van der Waals surface area contributed by atoms with Crippen LogP contribution < -0.4 is 15.4 Å². The Morgan fingerprint density at radius 3 is 2.43 bits per heavy atom. The van der Waals surface area contributed by atoms with Gasteiger partial charge in [0.2, 0.25) is 0 Å². The number of ether oxygens (including phenoxy) is 2. The monoisotopic (exact) mass is 617 g/mol. The summed E-state index contributed by atoms with van der Waals surface area (Å²) in [4.78, 5) is 15.8. The molecule has 1 unspecified atom stereocenters. The molecule has 6 rings (SSSR count). The highest BCUT2D eigenvalue weighted by molar-refractivity contribution is 6.07. The second-order valence-corrected chi connectivity index (χ2v) is 13.0. The summed E-state index contributed by atoms with van der Waals surface area (Å²) in [6.45, 7) is 12.3. The molecule has 1 atom stereocenters. The zero-order valence-corrected chi connectivity index (χ0v) is 27.1. The molecule has 1 aliphatic rings. The van der Waals surface area contributed by atoms with Crippen LogP contribution in [-0.2, 0) is 16.6 Å². The molecule has 238 valence electrons. The number of aromatic nitrogens is 2. The van der Waals surface area contributed by atoms with Gasteiger partial charge in [-0.15, -0.1) is 0 Å². The number of hydrogen-bond donors (Lipinski definition) is 2. The number of carbonyl (C=O) groups excluding carboxylic acids is 1. The van der Waals surface area contributed by atoms with Crippen LogP contribution in [0.2, 0.25) is 0 Å². The summed E-state index contributed by atoms with van der Waals surface area (Å²) < 4.78 is 14.1. The number of amides is 2. The van der Waals surface area contributed by atoms with Gasteiger partial charge in [-0.3, -0.25) is 10.2 Å². The lowest BCUT2D eigenvalue weighted by molar-refractivity contribution is -0.0304. The van der Waals surface area contributed by atoms with Gasteiger partial charge in [0.1, 0.15) is 18.2 Å². The molecular weight excluding hydrogens is 574 g/mol. The lowest BCUT2D eigenvalue weighted by Gasteiger charge is -2.33. The molecule has 1 aliphatic heterocycles. The minimum Gasteiger partial charge on any atom is -0.492 e. The van der Waals surface area contributed by atoms with Crippen LogP contribution in [0.3, 0.4) is 0 Å². The molecule has 0 saturated carbocycles. The number of morpholine rings is 1. The number of urea groups is 1. The first-order valence-corrected chi connectivity index (χ1v) is 16.0. The third-order valence-electron chi connectivity index (χ3n) is 8.32. The number of aryl methyl sites for hydroxylation is 1. The summed E-state index contributed by atoms with van der Waals surface area (Å²) in [5, 5.41) is 12.8. The summed E-state index contributed by atoms with van der Waals surface area (Å²) in [5.41, 5.74) is 4.75. The normalized spacial score (nSPS) is 15.5. The fourth-order valence-corrected chi connectivity index (χ4v) is 5.76. The molecule has 5 aromatic rings. The quantitative estimate of drug-likeness (QED) is 0.178. The molecule has 2 heterocycles. The molecule has 1 saturated heterocycles. The number of benzene rings is 4. The Labute approximate surface area is 271 Å². The van der Waals surface area contributed by atoms with Crippen molar-refractivity contribution in [3.05, 3.63) is 114 Å². The molecule has 2 N–H and O–H groups in total. The third kappa shape index (κ3) is 7.58. The van der Waals surface area contributed by atoms with Crippen LogP contribution in [0.5, 0.6) is 5.75 Å². The predicted molar refractivity (Wildman–Crippen MR) is 185 cm³/mol. The van der Waals surface area contributed by atoms with E-state index < -0.39 is 0 Å². The van der Waals surface area contributed by atoms with E-state index in [0.29, 0.717) is 18.1 Å². The lowest BCUT2D eigenvalue weighted by Crippen LogP contribution is -2.44. The highest BCUT2D eigenvalue weighted by Gasteiger charge is 2.23. The second kappa shape index (κ2) is 13.8. The van der Waals surface area contributed by atoms with Crippen molar-refractivity contribution in [3.63, 3.8) is 0 Å². The molecule has 0 spiro atoms. The van der Waals surface area contributed by atoms with E-state index in [1.54, 1.807) is 4.68 Å². The van der Waals surface area contributed by atoms with Crippen LogP contribution in [-0.4, -0.2) is 59.7 Å². The first-order chi connectivity index (χ1) is 22.2. The van der Waals surface area contributed by atoms with Gasteiger partial charge in [-0.25, -0.2) is 9.48 Å². The smallest absolute Gasteiger partial charge is 0.324 e. The van der Waals surface area contributed by atoms with Crippen molar-refractivity contribution in [3.8, 4) is 11.4 Å². The second-order valence-electron chi connectivity index (χ2n) is 13.0. The van der Waals surface area contributed by atoms with Crippen LogP contribution in [0.25, 0.3) is 16.5 Å². The van der Waals surface area contributed by atoms with Gasteiger partial charge in [-0.2, -0.15) is 5.10 Å². The fraction of sp³-hybridized carbons (Fsp3) is 0.316. The number of nitrogens with zero attached hydrogens (tertiary/aromatic N) is 3. The zero-order valence-electron chi connectivity index (χ0n) is 27.1. The maximum absolute atomic E-state index is 13.4. The van der Waals surface area contributed by atoms with E-state index >= 15 is 0 Å². The summed E-state index contributed by atoms with van der Waals surface area (Å²) in [6, 6.07) is 32.0. The minimum atomic E-state index is -0.343. The van der Waals surface area contributed by atoms with E-state index in [9.17, 15) is 4.79 Å². The molecule has 8 nitrogen and oxygen atoms in total. The van der Waals surface area contributed by atoms with E-state index in [1.165, 1.54) is 5.56 Å². The zero-order chi connectivity index (χ0) is 32.1. The molecule has 0 bridgehead atoms. The van der Waals surface area contributed by atoms with Gasteiger partial charge >= 0.3 is 6.03 Å². The molecule has 1 fully saturated rings. The SMILES string of the molecule is Cc1ccc(-n2nc(C(C)(C)C)cc2NC(=O)Nc2ccc(OCCN3CCOC(Cc4ccccc4)C3)c3ccccc23)cc1. The first-order valence-electron chi connectivity index (χ1n) is 16.0. The Bertz CT molecular complexity index is 1780. The van der Waals surface area contributed by atoms with Crippen molar-refractivity contribution < 1.29 is 14.3 Å². The van der Waals surface area contributed by atoms with Crippen molar-refractivity contribution in [2.75, 3.05) is 43.5 Å². The summed E-state index contributed by atoms with van der Waals surface area (Å²) in [7, 11) is 0. The highest BCUT2D eigenvalue weighted by atomic mass is 16.5. The Hall–Kier alpha value is -4.66. The average molecular weight is 618 g/mol. The minimum absolute atomic E-state index is 0.180. The summed E-state index contributed by atoms with van der Waals surface area (Å²) in [5.74, 6) is 1.40. The molecule has 8 heteroatoms. The van der Waals surface area contributed by atoms with Gasteiger partial charge in [0.05, 0.1) is 29.8 Å². The Morgan fingerprint density at radius 1 is 0.935 bits per heavy atom. The Kier molecular flexibility index (Phi) is 9.38.